The van der Waals surface area contributed by atoms with Crippen LogP contribution in [0.3, 0.4) is 0 Å². The van der Waals surface area contributed by atoms with E-state index in [2.05, 4.69) is 10.3 Å². The van der Waals surface area contributed by atoms with Crippen molar-refractivity contribution in [1.82, 2.24) is 14.3 Å². The predicted molar refractivity (Wildman–Crippen MR) is 63.9 cm³/mol. The monoisotopic (exact) mass is 233 g/mol. The first kappa shape index (κ1) is 11.3. The molecule has 0 spiro atoms. The van der Waals surface area contributed by atoms with Gasteiger partial charge in [0, 0.05) is 38.1 Å². The Bertz CT molecular complexity index is 525. The van der Waals surface area contributed by atoms with Crippen LogP contribution in [0.1, 0.15) is 11.4 Å². The van der Waals surface area contributed by atoms with Crippen molar-refractivity contribution in [2.75, 3.05) is 0 Å². The highest BCUT2D eigenvalue weighted by molar-refractivity contribution is 5.95. The number of nitrogens with zero attached hydrogens (tertiary/aromatic N) is 4. The second-order valence-corrected chi connectivity index (χ2v) is 3.77. The fourth-order valence-electron chi connectivity index (χ4n) is 1.77. The summed E-state index contributed by atoms with van der Waals surface area (Å²) in [5, 5.41) is 15.8. The van der Waals surface area contributed by atoms with Crippen molar-refractivity contribution >= 4 is 5.84 Å². The van der Waals surface area contributed by atoms with Gasteiger partial charge in [-0.3, -0.25) is 4.68 Å². The molecule has 0 aromatic carbocycles. The number of amidine groups is 1. The van der Waals surface area contributed by atoms with Crippen LogP contribution in [-0.4, -0.2) is 25.4 Å². The molecule has 2 aromatic rings. The Morgan fingerprint density at radius 3 is 3.00 bits per heavy atom. The SMILES string of the molecule is Cn1nccc1CCn1cccc1/C(N)=N/O. The molecule has 0 saturated heterocycles. The molecule has 3 N–H and O–H groups in total. The van der Waals surface area contributed by atoms with Crippen molar-refractivity contribution in [2.24, 2.45) is 17.9 Å². The summed E-state index contributed by atoms with van der Waals surface area (Å²) in [6.45, 7) is 0.762. The van der Waals surface area contributed by atoms with E-state index in [0.29, 0.717) is 0 Å². The lowest BCUT2D eigenvalue weighted by Crippen LogP contribution is -2.19. The minimum atomic E-state index is 0.125. The average molecular weight is 233 g/mol. The molecule has 0 unspecified atom stereocenters. The van der Waals surface area contributed by atoms with Crippen molar-refractivity contribution in [3.63, 3.8) is 0 Å². The van der Waals surface area contributed by atoms with Gasteiger partial charge in [0.1, 0.15) is 0 Å². The van der Waals surface area contributed by atoms with Crippen LogP contribution in [-0.2, 0) is 20.0 Å². The number of hydrogen-bond donors (Lipinski definition) is 2. The van der Waals surface area contributed by atoms with Gasteiger partial charge in [-0.25, -0.2) is 0 Å². The van der Waals surface area contributed by atoms with Gasteiger partial charge in [0.05, 0.1) is 5.69 Å². The van der Waals surface area contributed by atoms with Crippen LogP contribution >= 0.6 is 0 Å². The maximum Gasteiger partial charge on any atom is 0.186 e. The Morgan fingerprint density at radius 2 is 2.35 bits per heavy atom. The maximum absolute atomic E-state index is 8.66. The summed E-state index contributed by atoms with van der Waals surface area (Å²) < 4.78 is 3.79. The van der Waals surface area contributed by atoms with E-state index >= 15 is 0 Å². The van der Waals surface area contributed by atoms with Gasteiger partial charge < -0.3 is 15.5 Å². The molecule has 6 heteroatoms. The topological polar surface area (TPSA) is 81.4 Å². The number of aryl methyl sites for hydroxylation is 3. The molecule has 0 fully saturated rings. The fourth-order valence-corrected chi connectivity index (χ4v) is 1.77. The Hall–Kier alpha value is -2.24. The molecule has 6 nitrogen and oxygen atoms in total. The van der Waals surface area contributed by atoms with E-state index in [4.69, 9.17) is 10.9 Å². The van der Waals surface area contributed by atoms with Crippen LogP contribution in [0.5, 0.6) is 0 Å². The largest absolute Gasteiger partial charge is 0.409 e. The summed E-state index contributed by atoms with van der Waals surface area (Å²) in [5.74, 6) is 0.125. The Kier molecular flexibility index (Phi) is 3.13. The van der Waals surface area contributed by atoms with Gasteiger partial charge in [0.25, 0.3) is 0 Å². The van der Waals surface area contributed by atoms with E-state index in [9.17, 15) is 0 Å². The summed E-state index contributed by atoms with van der Waals surface area (Å²) in [6, 6.07) is 5.67. The second kappa shape index (κ2) is 4.73. The predicted octanol–water partition coefficient (Wildman–Crippen LogP) is 0.559. The highest BCUT2D eigenvalue weighted by Crippen LogP contribution is 2.05. The normalized spacial score (nSPS) is 11.9. The first-order chi connectivity index (χ1) is 8.22. The molecular weight excluding hydrogens is 218 g/mol. The number of oxime groups is 1. The van der Waals surface area contributed by atoms with Crippen LogP contribution in [0.4, 0.5) is 0 Å². The minimum Gasteiger partial charge on any atom is -0.409 e. The molecule has 2 heterocycles. The summed E-state index contributed by atoms with van der Waals surface area (Å²) in [4.78, 5) is 0. The van der Waals surface area contributed by atoms with Crippen LogP contribution in [0.25, 0.3) is 0 Å². The lowest BCUT2D eigenvalue weighted by atomic mass is 10.3. The smallest absolute Gasteiger partial charge is 0.186 e. The molecule has 0 atom stereocenters. The second-order valence-electron chi connectivity index (χ2n) is 3.77. The number of nitrogens with two attached hydrogens (primary N) is 1. The maximum atomic E-state index is 8.66. The fraction of sp³-hybridized carbons (Fsp3) is 0.273. The first-order valence-corrected chi connectivity index (χ1v) is 5.32. The molecule has 0 saturated carbocycles. The van der Waals surface area contributed by atoms with Crippen molar-refractivity contribution in [3.05, 3.63) is 42.0 Å². The van der Waals surface area contributed by atoms with Gasteiger partial charge in [-0.2, -0.15) is 5.10 Å². The highest BCUT2D eigenvalue weighted by Gasteiger charge is 2.06. The van der Waals surface area contributed by atoms with E-state index in [1.165, 1.54) is 0 Å². The van der Waals surface area contributed by atoms with Crippen LogP contribution in [0.2, 0.25) is 0 Å². The van der Waals surface area contributed by atoms with Gasteiger partial charge in [0.15, 0.2) is 5.84 Å². The molecule has 0 aliphatic heterocycles. The van der Waals surface area contributed by atoms with E-state index in [0.717, 1.165) is 24.4 Å². The molecule has 0 amide bonds. The molecule has 0 aliphatic rings. The Labute approximate surface area is 99.0 Å². The molecule has 0 radical (unpaired) electrons. The van der Waals surface area contributed by atoms with E-state index in [1.807, 2.05) is 40.7 Å². The van der Waals surface area contributed by atoms with E-state index in [1.54, 1.807) is 6.20 Å². The van der Waals surface area contributed by atoms with Crippen LogP contribution in [0.15, 0.2) is 35.7 Å². The van der Waals surface area contributed by atoms with Crippen molar-refractivity contribution in [3.8, 4) is 0 Å². The highest BCUT2D eigenvalue weighted by atomic mass is 16.4. The van der Waals surface area contributed by atoms with Gasteiger partial charge in [-0.1, -0.05) is 5.16 Å². The number of aromatic nitrogens is 3. The average Bonchev–Trinajstić information content (AvgIpc) is 2.94. The standard InChI is InChI=1S/C11H15N5O/c1-15-9(4-6-13-15)5-8-16-7-2-3-10(16)11(12)14-17/h2-4,6-7,17H,5,8H2,1H3,(H2,12,14). The molecule has 17 heavy (non-hydrogen) atoms. The van der Waals surface area contributed by atoms with E-state index in [-0.39, 0.29) is 5.84 Å². The van der Waals surface area contributed by atoms with Gasteiger partial charge in [0.2, 0.25) is 0 Å². The first-order valence-electron chi connectivity index (χ1n) is 5.32. The third-order valence-electron chi connectivity index (χ3n) is 2.73. The number of hydrogen-bond acceptors (Lipinski definition) is 3. The van der Waals surface area contributed by atoms with Gasteiger partial charge in [-0.05, 0) is 18.2 Å². The zero-order chi connectivity index (χ0) is 12.3. The van der Waals surface area contributed by atoms with Crippen molar-refractivity contribution in [1.29, 1.82) is 0 Å². The molecule has 90 valence electrons. The minimum absolute atomic E-state index is 0.125. The van der Waals surface area contributed by atoms with Crippen molar-refractivity contribution in [2.45, 2.75) is 13.0 Å². The molecular formula is C11H15N5O. The van der Waals surface area contributed by atoms with E-state index < -0.39 is 0 Å². The third kappa shape index (κ3) is 2.30. The van der Waals surface area contributed by atoms with Gasteiger partial charge >= 0.3 is 0 Å². The zero-order valence-electron chi connectivity index (χ0n) is 9.61. The lowest BCUT2D eigenvalue weighted by molar-refractivity contribution is 0.318. The van der Waals surface area contributed by atoms with Crippen molar-refractivity contribution < 1.29 is 5.21 Å². The molecule has 2 aromatic heterocycles. The Morgan fingerprint density at radius 1 is 1.53 bits per heavy atom. The molecule has 2 rings (SSSR count). The summed E-state index contributed by atoms with van der Waals surface area (Å²) in [7, 11) is 1.91. The van der Waals surface area contributed by atoms with Crippen LogP contribution in [0, 0.1) is 0 Å². The summed E-state index contributed by atoms with van der Waals surface area (Å²) >= 11 is 0. The quantitative estimate of drug-likeness (QED) is 0.350. The van der Waals surface area contributed by atoms with Crippen LogP contribution < -0.4 is 5.73 Å². The summed E-state index contributed by atoms with van der Waals surface area (Å²) in [5.41, 5.74) is 7.44. The third-order valence-corrected chi connectivity index (χ3v) is 2.73. The number of rotatable bonds is 4. The zero-order valence-corrected chi connectivity index (χ0v) is 9.61. The Balaban J connectivity index is 2.10. The molecule has 0 aliphatic carbocycles. The van der Waals surface area contributed by atoms with Gasteiger partial charge in [-0.15, -0.1) is 0 Å². The molecule has 0 bridgehead atoms. The lowest BCUT2D eigenvalue weighted by Gasteiger charge is -2.08. The summed E-state index contributed by atoms with van der Waals surface area (Å²) in [6.07, 6.45) is 4.52.